The summed E-state index contributed by atoms with van der Waals surface area (Å²) in [6, 6.07) is 21.7. The van der Waals surface area contributed by atoms with Gasteiger partial charge in [-0.05, 0) is 23.1 Å². The van der Waals surface area contributed by atoms with Crippen molar-refractivity contribution in [3.63, 3.8) is 0 Å². The second kappa shape index (κ2) is 11.3. The molecule has 0 aliphatic heterocycles. The second-order valence-corrected chi connectivity index (χ2v) is 17.6. The first kappa shape index (κ1) is 27.8. The van der Waals surface area contributed by atoms with Crippen LogP contribution in [0.25, 0.3) is 22.0 Å². The molecule has 1 aromatic heterocycles. The van der Waals surface area contributed by atoms with Crippen LogP contribution in [0.4, 0.5) is 10.5 Å². The van der Waals surface area contributed by atoms with Crippen LogP contribution in [-0.2, 0) is 15.4 Å². The number of hydrogen-bond acceptors (Lipinski definition) is 4. The molecule has 0 atom stereocenters. The second-order valence-electron chi connectivity index (χ2n) is 10.5. The van der Waals surface area contributed by atoms with E-state index in [0.29, 0.717) is 23.7 Å². The summed E-state index contributed by atoms with van der Waals surface area (Å²) >= 11 is -0.851. The monoisotopic (exact) mass is 595 g/mol. The van der Waals surface area contributed by atoms with Crippen LogP contribution in [0.1, 0.15) is 26.3 Å². The minimum absolute atomic E-state index is 0.0736. The molecule has 0 aliphatic carbocycles. The number of rotatable bonds is 8. The first-order chi connectivity index (χ1) is 17.9. The molecule has 0 spiro atoms. The van der Waals surface area contributed by atoms with E-state index in [0.717, 1.165) is 27.2 Å². The van der Waals surface area contributed by atoms with Crippen LogP contribution in [0.15, 0.2) is 77.7 Å². The van der Waals surface area contributed by atoms with Gasteiger partial charge in [0.25, 0.3) is 0 Å². The maximum absolute atomic E-state index is 13.2. The number of aromatic amines is 1. The van der Waals surface area contributed by atoms with E-state index >= 15 is 0 Å². The third-order valence-electron chi connectivity index (χ3n) is 6.13. The van der Waals surface area contributed by atoms with Crippen LogP contribution in [-0.4, -0.2) is 40.7 Å². The number of ether oxygens (including phenoxy) is 1. The summed E-state index contributed by atoms with van der Waals surface area (Å²) in [4.78, 5) is 15.9. The molecule has 0 bridgehead atoms. The summed E-state index contributed by atoms with van der Waals surface area (Å²) in [6.07, 6.45) is -0.524. The van der Waals surface area contributed by atoms with E-state index in [4.69, 9.17) is 4.74 Å². The van der Waals surface area contributed by atoms with Crippen LogP contribution in [0.3, 0.4) is 0 Å². The number of carbonyl (C=O) groups excluding carboxylic acids is 1. The van der Waals surface area contributed by atoms with Gasteiger partial charge >= 0.3 is 161 Å². The zero-order valence-electron chi connectivity index (χ0n) is 22.3. The average molecular weight is 596 g/mol. The number of carbonyl (C=O) groups is 1. The van der Waals surface area contributed by atoms with Crippen molar-refractivity contribution >= 4 is 47.4 Å². The number of aromatic nitrogens is 1. The Kier molecular flexibility index (Phi) is 8.24. The Morgan fingerprint density at radius 3 is 2.29 bits per heavy atom. The third kappa shape index (κ3) is 6.61. The molecule has 7 nitrogen and oxygen atoms in total. The fourth-order valence-electron chi connectivity index (χ4n) is 4.06. The van der Waals surface area contributed by atoms with Gasteiger partial charge in [0.15, 0.2) is 0 Å². The molecular formula is C29H34AsN3O4S. The van der Waals surface area contributed by atoms with Gasteiger partial charge in [-0.2, -0.15) is 0 Å². The molecular weight excluding hydrogens is 561 g/mol. The molecule has 9 heteroatoms. The van der Waals surface area contributed by atoms with Gasteiger partial charge in [-0.15, -0.1) is 0 Å². The van der Waals surface area contributed by atoms with Crippen molar-refractivity contribution in [1.29, 1.82) is 0 Å². The van der Waals surface area contributed by atoms with E-state index < -0.39 is 30.8 Å². The molecule has 1 heterocycles. The number of hydrogen-bond donors (Lipinski definition) is 3. The van der Waals surface area contributed by atoms with Crippen LogP contribution in [0, 0.1) is 0 Å². The van der Waals surface area contributed by atoms with Crippen LogP contribution in [0.2, 0.25) is 16.6 Å². The first-order valence-electron chi connectivity index (χ1n) is 12.4. The van der Waals surface area contributed by atoms with E-state index in [1.54, 1.807) is 30.3 Å². The number of amides is 1. The van der Waals surface area contributed by atoms with E-state index in [-0.39, 0.29) is 10.3 Å². The third-order valence-corrected chi connectivity index (χ3v) is 9.88. The van der Waals surface area contributed by atoms with Crippen molar-refractivity contribution in [2.45, 2.75) is 47.7 Å². The molecule has 4 rings (SSSR count). The molecule has 1 amide bonds. The molecule has 38 heavy (non-hydrogen) atoms. The number of H-pyrrole nitrogens is 1. The molecule has 0 aliphatic rings. The number of sulfonamides is 1. The Bertz CT molecular complexity index is 1520. The average Bonchev–Trinajstić information content (AvgIpc) is 3.20. The minimum atomic E-state index is -3.80. The van der Waals surface area contributed by atoms with Gasteiger partial charge in [0.05, 0.1) is 4.90 Å². The fourth-order valence-corrected chi connectivity index (χ4v) is 6.28. The SMILES string of the molecule is C[As](C)CCNC(=O)Oc1[nH]c2ccc(NS(=O)(=O)c3ccc(C(C)(C)C)cc3)cc2c1-c1ccccc1. The quantitative estimate of drug-likeness (QED) is 0.196. The maximum atomic E-state index is 13.2. The predicted octanol–water partition coefficient (Wildman–Crippen LogP) is 6.78. The number of anilines is 1. The molecule has 200 valence electrons. The Balaban J connectivity index is 1.66. The summed E-state index contributed by atoms with van der Waals surface area (Å²) in [5.74, 6) is 0.309. The molecule has 0 saturated carbocycles. The molecule has 3 aromatic carbocycles. The predicted molar refractivity (Wildman–Crippen MR) is 156 cm³/mol. The van der Waals surface area contributed by atoms with Crippen LogP contribution < -0.4 is 14.8 Å². The van der Waals surface area contributed by atoms with E-state index in [1.165, 1.54) is 0 Å². The standard InChI is InChI=1S/C29H34AsN3O4S/c1-29(2,3)21-11-14-23(15-12-21)38(35,36)33-22-13-16-25-24(19-22)26(20-9-7-6-8-10-20)27(32-25)37-28(34)31-18-17-30(4)5/h6-16,19,32-33H,17-18H2,1-5H3,(H,31,34). The summed E-state index contributed by atoms with van der Waals surface area (Å²) in [5.41, 5.74) is 8.11. The van der Waals surface area contributed by atoms with Gasteiger partial charge in [0.2, 0.25) is 0 Å². The van der Waals surface area contributed by atoms with E-state index in [2.05, 4.69) is 47.2 Å². The Morgan fingerprint density at radius 2 is 1.66 bits per heavy atom. The summed E-state index contributed by atoms with van der Waals surface area (Å²) in [7, 11) is -3.80. The molecule has 3 N–H and O–H groups in total. The zero-order chi connectivity index (χ0) is 27.5. The van der Waals surface area contributed by atoms with Crippen LogP contribution in [0.5, 0.6) is 5.88 Å². The van der Waals surface area contributed by atoms with Crippen molar-refractivity contribution in [3.8, 4) is 17.0 Å². The van der Waals surface area contributed by atoms with Crippen molar-refractivity contribution in [2.75, 3.05) is 11.3 Å². The number of nitrogens with one attached hydrogen (secondary N) is 3. The summed E-state index contributed by atoms with van der Waals surface area (Å²) in [5, 5.41) is 4.55. The number of benzene rings is 3. The van der Waals surface area contributed by atoms with E-state index in [1.807, 2.05) is 42.5 Å². The zero-order valence-corrected chi connectivity index (χ0v) is 25.0. The molecule has 0 unspecified atom stereocenters. The Morgan fingerprint density at radius 1 is 0.974 bits per heavy atom. The summed E-state index contributed by atoms with van der Waals surface area (Å²) < 4.78 is 34.7. The van der Waals surface area contributed by atoms with Crippen molar-refractivity contribution < 1.29 is 17.9 Å². The normalized spacial score (nSPS) is 12.1. The Labute approximate surface area is 229 Å². The fraction of sp³-hybridized carbons (Fsp3) is 0.276. The van der Waals surface area contributed by atoms with Gasteiger partial charge in [-0.1, -0.05) is 32.9 Å². The van der Waals surface area contributed by atoms with E-state index in [9.17, 15) is 13.2 Å². The van der Waals surface area contributed by atoms with Gasteiger partial charge in [-0.3, -0.25) is 0 Å². The van der Waals surface area contributed by atoms with Crippen molar-refractivity contribution in [1.82, 2.24) is 10.3 Å². The van der Waals surface area contributed by atoms with Gasteiger partial charge in [-0.25, -0.2) is 8.42 Å². The summed E-state index contributed by atoms with van der Waals surface area (Å²) in [6.45, 7) is 6.83. The Hall–Kier alpha value is -3.22. The van der Waals surface area contributed by atoms with Gasteiger partial charge < -0.3 is 0 Å². The topological polar surface area (TPSA) is 100 Å². The number of fused-ring (bicyclic) bond motifs is 1. The van der Waals surface area contributed by atoms with Crippen LogP contribution >= 0.6 is 0 Å². The van der Waals surface area contributed by atoms with Gasteiger partial charge in [0, 0.05) is 0 Å². The van der Waals surface area contributed by atoms with Crippen molar-refractivity contribution in [3.05, 3.63) is 78.4 Å². The molecule has 0 saturated heterocycles. The van der Waals surface area contributed by atoms with Gasteiger partial charge in [0.1, 0.15) is 0 Å². The molecule has 0 radical (unpaired) electrons. The van der Waals surface area contributed by atoms with Crippen molar-refractivity contribution in [2.24, 2.45) is 0 Å². The molecule has 0 fully saturated rings. The molecule has 4 aromatic rings. The first-order valence-corrected chi connectivity index (χ1v) is 19.0.